The van der Waals surface area contributed by atoms with E-state index in [1.165, 1.54) is 12.3 Å². The fourth-order valence-electron chi connectivity index (χ4n) is 2.42. The molecule has 3 N–H and O–H groups in total. The Bertz CT molecular complexity index is 478. The van der Waals surface area contributed by atoms with Gasteiger partial charge in [0.25, 0.3) is 0 Å². The monoisotopic (exact) mass is 265 g/mol. The Labute approximate surface area is 112 Å². The molecule has 2 rings (SSSR count). The lowest BCUT2D eigenvalue weighted by Gasteiger charge is -2.37. The maximum atomic E-state index is 11.3. The maximum absolute atomic E-state index is 11.3. The summed E-state index contributed by atoms with van der Waals surface area (Å²) in [4.78, 5) is 17.4. The van der Waals surface area contributed by atoms with Gasteiger partial charge in [0.2, 0.25) is 0 Å². The number of nitrogen functional groups attached to an aromatic ring is 1. The summed E-state index contributed by atoms with van der Waals surface area (Å²) in [7, 11) is 1.68. The van der Waals surface area contributed by atoms with Crippen LogP contribution in [0.5, 0.6) is 0 Å². The number of aromatic nitrogens is 1. The minimum absolute atomic E-state index is 0.0924. The lowest BCUT2D eigenvalue weighted by Crippen LogP contribution is -2.44. The van der Waals surface area contributed by atoms with E-state index in [4.69, 9.17) is 10.5 Å². The van der Waals surface area contributed by atoms with Crippen LogP contribution >= 0.6 is 0 Å². The molecule has 0 spiro atoms. The van der Waals surface area contributed by atoms with Crippen LogP contribution in [0.3, 0.4) is 0 Å². The Morgan fingerprint density at radius 2 is 2.37 bits per heavy atom. The van der Waals surface area contributed by atoms with Crippen LogP contribution in [0.1, 0.15) is 23.7 Å². The van der Waals surface area contributed by atoms with Crippen molar-refractivity contribution in [2.75, 3.05) is 30.8 Å². The number of anilines is 2. The van der Waals surface area contributed by atoms with Crippen molar-refractivity contribution in [2.24, 2.45) is 5.92 Å². The molecule has 0 radical (unpaired) electrons. The standard InChI is InChI=1S/C13H19N3O3/c1-8-3-4-16(7-11(8)19-2)12-10(13(17)18)5-9(14)6-15-12/h5-6,8,11H,3-4,7,14H2,1-2H3,(H,17,18). The maximum Gasteiger partial charge on any atom is 0.339 e. The van der Waals surface area contributed by atoms with E-state index < -0.39 is 5.97 Å². The van der Waals surface area contributed by atoms with E-state index in [-0.39, 0.29) is 11.7 Å². The fourth-order valence-corrected chi connectivity index (χ4v) is 2.42. The van der Waals surface area contributed by atoms with Crippen molar-refractivity contribution in [3.63, 3.8) is 0 Å². The number of nitrogens with two attached hydrogens (primary N) is 1. The highest BCUT2D eigenvalue weighted by molar-refractivity contribution is 5.94. The van der Waals surface area contributed by atoms with Crippen LogP contribution < -0.4 is 10.6 Å². The molecule has 1 aromatic rings. The van der Waals surface area contributed by atoms with Gasteiger partial charge in [0.05, 0.1) is 18.0 Å². The highest BCUT2D eigenvalue weighted by Gasteiger charge is 2.29. The van der Waals surface area contributed by atoms with Gasteiger partial charge < -0.3 is 20.5 Å². The molecule has 104 valence electrons. The number of hydrogen-bond acceptors (Lipinski definition) is 5. The van der Waals surface area contributed by atoms with Crippen molar-refractivity contribution >= 4 is 17.5 Å². The zero-order valence-corrected chi connectivity index (χ0v) is 11.2. The number of methoxy groups -OCH3 is 1. The van der Waals surface area contributed by atoms with E-state index in [2.05, 4.69) is 11.9 Å². The summed E-state index contributed by atoms with van der Waals surface area (Å²) in [6.07, 6.45) is 2.53. The number of aromatic carboxylic acids is 1. The van der Waals surface area contributed by atoms with Crippen LogP contribution in [0.25, 0.3) is 0 Å². The second-order valence-electron chi connectivity index (χ2n) is 4.93. The summed E-state index contributed by atoms with van der Waals surface area (Å²) in [5.74, 6) is -0.0821. The van der Waals surface area contributed by atoms with Crippen LogP contribution in [0.4, 0.5) is 11.5 Å². The summed E-state index contributed by atoms with van der Waals surface area (Å²) in [5, 5.41) is 9.24. The number of ether oxygens (including phenoxy) is 1. The van der Waals surface area contributed by atoms with Crippen molar-refractivity contribution in [1.82, 2.24) is 4.98 Å². The first-order chi connectivity index (χ1) is 9.02. The first-order valence-corrected chi connectivity index (χ1v) is 6.29. The van der Waals surface area contributed by atoms with Gasteiger partial charge in [0.1, 0.15) is 11.4 Å². The Kier molecular flexibility index (Phi) is 3.90. The topological polar surface area (TPSA) is 88.7 Å². The molecule has 0 bridgehead atoms. The first kappa shape index (κ1) is 13.6. The van der Waals surface area contributed by atoms with Gasteiger partial charge in [-0.15, -0.1) is 0 Å². The fraction of sp³-hybridized carbons (Fsp3) is 0.538. The van der Waals surface area contributed by atoms with Gasteiger partial charge in [-0.3, -0.25) is 0 Å². The SMILES string of the molecule is COC1CN(c2ncc(N)cc2C(=O)O)CCC1C. The minimum Gasteiger partial charge on any atom is -0.478 e. The van der Waals surface area contributed by atoms with Gasteiger partial charge in [-0.25, -0.2) is 9.78 Å². The summed E-state index contributed by atoms with van der Waals surface area (Å²) in [5.41, 5.74) is 6.10. The number of carboxylic acid groups (broad SMARTS) is 1. The molecular weight excluding hydrogens is 246 g/mol. The summed E-state index contributed by atoms with van der Waals surface area (Å²) in [6.45, 7) is 3.56. The molecule has 0 amide bonds. The molecule has 2 unspecified atom stereocenters. The molecule has 0 aromatic carbocycles. The molecule has 1 aliphatic heterocycles. The quantitative estimate of drug-likeness (QED) is 0.854. The Morgan fingerprint density at radius 3 is 3.00 bits per heavy atom. The molecule has 19 heavy (non-hydrogen) atoms. The predicted molar refractivity (Wildman–Crippen MR) is 72.4 cm³/mol. The second kappa shape index (κ2) is 5.44. The summed E-state index contributed by atoms with van der Waals surface area (Å²) >= 11 is 0. The van der Waals surface area contributed by atoms with Gasteiger partial charge in [0.15, 0.2) is 0 Å². The van der Waals surface area contributed by atoms with E-state index in [1.807, 2.05) is 4.90 Å². The van der Waals surface area contributed by atoms with Crippen LogP contribution in [-0.4, -0.2) is 42.4 Å². The molecule has 1 fully saturated rings. The van der Waals surface area contributed by atoms with Crippen LogP contribution in [-0.2, 0) is 4.74 Å². The highest BCUT2D eigenvalue weighted by atomic mass is 16.5. The zero-order valence-electron chi connectivity index (χ0n) is 11.2. The van der Waals surface area contributed by atoms with Gasteiger partial charge >= 0.3 is 5.97 Å². The second-order valence-corrected chi connectivity index (χ2v) is 4.93. The van der Waals surface area contributed by atoms with E-state index >= 15 is 0 Å². The molecule has 1 aromatic heterocycles. The molecule has 0 aliphatic carbocycles. The largest absolute Gasteiger partial charge is 0.478 e. The van der Waals surface area contributed by atoms with Crippen molar-refractivity contribution in [3.05, 3.63) is 17.8 Å². The Balaban J connectivity index is 2.29. The van der Waals surface area contributed by atoms with Crippen LogP contribution in [0, 0.1) is 5.92 Å². The lowest BCUT2D eigenvalue weighted by molar-refractivity contribution is 0.0494. The average Bonchev–Trinajstić information content (AvgIpc) is 2.39. The van der Waals surface area contributed by atoms with Crippen LogP contribution in [0.2, 0.25) is 0 Å². The normalized spacial score (nSPS) is 23.4. The number of carboxylic acids is 1. The number of pyridine rings is 1. The molecule has 1 aliphatic rings. The number of hydrogen-bond donors (Lipinski definition) is 2. The van der Waals surface area contributed by atoms with Crippen molar-refractivity contribution in [2.45, 2.75) is 19.4 Å². The van der Waals surface area contributed by atoms with Crippen LogP contribution in [0.15, 0.2) is 12.3 Å². The summed E-state index contributed by atoms with van der Waals surface area (Å²) < 4.78 is 5.44. The number of piperidine rings is 1. The number of rotatable bonds is 3. The molecule has 6 heteroatoms. The average molecular weight is 265 g/mol. The molecule has 1 saturated heterocycles. The Hall–Kier alpha value is -1.82. The van der Waals surface area contributed by atoms with Crippen molar-refractivity contribution in [3.8, 4) is 0 Å². The van der Waals surface area contributed by atoms with Gasteiger partial charge in [-0.05, 0) is 18.4 Å². The van der Waals surface area contributed by atoms with E-state index in [1.54, 1.807) is 7.11 Å². The third kappa shape index (κ3) is 2.78. The Morgan fingerprint density at radius 1 is 1.63 bits per heavy atom. The molecule has 2 atom stereocenters. The van der Waals surface area contributed by atoms with E-state index in [9.17, 15) is 9.90 Å². The highest BCUT2D eigenvalue weighted by Crippen LogP contribution is 2.26. The molecular formula is C13H19N3O3. The molecule has 2 heterocycles. The van der Waals surface area contributed by atoms with Crippen molar-refractivity contribution < 1.29 is 14.6 Å². The summed E-state index contributed by atoms with van der Waals surface area (Å²) in [6, 6.07) is 1.45. The first-order valence-electron chi connectivity index (χ1n) is 6.29. The predicted octanol–water partition coefficient (Wildman–Crippen LogP) is 1.22. The third-order valence-electron chi connectivity index (χ3n) is 3.61. The van der Waals surface area contributed by atoms with E-state index in [0.29, 0.717) is 24.0 Å². The van der Waals surface area contributed by atoms with Gasteiger partial charge in [0, 0.05) is 20.2 Å². The number of carbonyl (C=O) groups is 1. The number of nitrogens with zero attached hydrogens (tertiary/aromatic N) is 2. The van der Waals surface area contributed by atoms with E-state index in [0.717, 1.165) is 13.0 Å². The lowest BCUT2D eigenvalue weighted by atomic mass is 9.95. The smallest absolute Gasteiger partial charge is 0.339 e. The minimum atomic E-state index is -1.01. The zero-order chi connectivity index (χ0) is 14.0. The van der Waals surface area contributed by atoms with Crippen molar-refractivity contribution in [1.29, 1.82) is 0 Å². The third-order valence-corrected chi connectivity index (χ3v) is 3.61. The van der Waals surface area contributed by atoms with Gasteiger partial charge in [-0.1, -0.05) is 6.92 Å². The van der Waals surface area contributed by atoms with Gasteiger partial charge in [-0.2, -0.15) is 0 Å². The molecule has 6 nitrogen and oxygen atoms in total. The molecule has 0 saturated carbocycles.